The average Bonchev–Trinajstić information content (AvgIpc) is 3.77. The van der Waals surface area contributed by atoms with Crippen LogP contribution < -0.4 is 15.0 Å². The number of hydrogen-bond donors (Lipinski definition) is 2. The normalized spacial score (nSPS) is 24.3. The minimum absolute atomic E-state index is 0.0789. The summed E-state index contributed by atoms with van der Waals surface area (Å²) in [6, 6.07) is 7.99. The number of nitrogens with one attached hydrogen (secondary N) is 1. The van der Waals surface area contributed by atoms with E-state index in [1.54, 1.807) is 12.1 Å². The number of halogens is 3. The van der Waals surface area contributed by atoms with Gasteiger partial charge in [0.15, 0.2) is 5.65 Å². The molecule has 0 spiro atoms. The third-order valence-corrected chi connectivity index (χ3v) is 19.2. The minimum atomic E-state index is -2.27. The topological polar surface area (TPSA) is 86.6 Å². The molecule has 0 saturated carbocycles. The Hall–Kier alpha value is -3.92. The molecule has 4 aliphatic heterocycles. The maximum absolute atomic E-state index is 16.7. The first-order valence-corrected chi connectivity index (χ1v) is 21.9. The third kappa shape index (κ3) is 6.30. The second kappa shape index (κ2) is 14.0. The van der Waals surface area contributed by atoms with Crippen molar-refractivity contribution >= 4 is 35.7 Å². The van der Waals surface area contributed by atoms with Crippen molar-refractivity contribution in [3.05, 3.63) is 47.5 Å². The van der Waals surface area contributed by atoms with Gasteiger partial charge in [-0.25, -0.2) is 18.2 Å². The first-order chi connectivity index (χ1) is 25.8. The number of pyridine rings is 1. The van der Waals surface area contributed by atoms with E-state index in [1.165, 1.54) is 18.2 Å². The zero-order valence-electron chi connectivity index (χ0n) is 32.1. The first-order valence-electron chi connectivity index (χ1n) is 19.7. The zero-order valence-corrected chi connectivity index (χ0v) is 33.1. The number of phenolic OH excluding ortho intramolecular Hbond substituents is 1. The predicted molar refractivity (Wildman–Crippen MR) is 210 cm³/mol. The molecule has 8 nitrogen and oxygen atoms in total. The Labute approximate surface area is 316 Å². The molecule has 0 amide bonds. The summed E-state index contributed by atoms with van der Waals surface area (Å²) in [5.74, 6) is 2.55. The van der Waals surface area contributed by atoms with Crippen molar-refractivity contribution in [3.8, 4) is 34.5 Å². The Kier molecular flexibility index (Phi) is 9.59. The van der Waals surface area contributed by atoms with Gasteiger partial charge >= 0.3 is 6.01 Å². The number of aromatic hydroxyl groups is 1. The molecule has 8 rings (SSSR count). The lowest BCUT2D eigenvalue weighted by molar-refractivity contribution is 0.107. The van der Waals surface area contributed by atoms with E-state index in [0.29, 0.717) is 64.7 Å². The van der Waals surface area contributed by atoms with E-state index in [9.17, 15) is 9.50 Å². The van der Waals surface area contributed by atoms with Crippen LogP contribution in [0.15, 0.2) is 30.3 Å². The van der Waals surface area contributed by atoms with E-state index < -0.39 is 31.4 Å². The largest absolute Gasteiger partial charge is 0.508 e. The average molecular weight is 757 g/mol. The van der Waals surface area contributed by atoms with E-state index in [0.717, 1.165) is 32.2 Å². The number of benzene rings is 2. The van der Waals surface area contributed by atoms with Crippen molar-refractivity contribution in [1.82, 2.24) is 25.2 Å². The summed E-state index contributed by atoms with van der Waals surface area (Å²) in [5.41, 5.74) is 4.73. The molecule has 2 bridgehead atoms. The molecule has 2 N–H and O–H groups in total. The standard InChI is InChI=1S/C42H51F3N6O2Si/c1-24(2)54(25(3)4,26(5)6)15-12-32-35(44)11-8-27-16-31(52)17-33(37(27)32)38-36(45)18-34-39(47-38)48-41(49-40(34)50-21-29-9-10-30(22-50)46-29)53-23-42-13-7-14-51(42)20-28(43)19-42/h8,11,16-18,24-26,28-30,46,52H,7,9-10,13-14,19-23H2,1-6H3/t28-,29-,30+,42+/m1/s1. The van der Waals surface area contributed by atoms with Crippen LogP contribution in [0.25, 0.3) is 33.1 Å². The molecule has 4 aromatic rings. The Bertz CT molecular complexity index is 2140. The van der Waals surface area contributed by atoms with Gasteiger partial charge in [0.05, 0.1) is 16.5 Å². The number of piperazine rings is 1. The number of nitrogens with zero attached hydrogens (tertiary/aromatic N) is 5. The number of alkyl halides is 1. The molecule has 12 heteroatoms. The van der Waals surface area contributed by atoms with Gasteiger partial charge in [-0.2, -0.15) is 9.97 Å². The van der Waals surface area contributed by atoms with Gasteiger partial charge in [-0.3, -0.25) is 4.90 Å². The molecule has 4 atom stereocenters. The summed E-state index contributed by atoms with van der Waals surface area (Å²) in [6.07, 6.45) is 3.42. The fraction of sp³-hybridized carbons (Fsp3) is 0.548. The lowest BCUT2D eigenvalue weighted by Gasteiger charge is -2.38. The Balaban J connectivity index is 1.28. The van der Waals surface area contributed by atoms with Crippen LogP contribution in [0.1, 0.15) is 79.2 Å². The van der Waals surface area contributed by atoms with Gasteiger partial charge in [-0.15, -0.1) is 5.54 Å². The maximum Gasteiger partial charge on any atom is 0.320 e. The Morgan fingerprint density at radius 1 is 0.963 bits per heavy atom. The highest BCUT2D eigenvalue weighted by molar-refractivity contribution is 6.90. The third-order valence-electron chi connectivity index (χ3n) is 12.9. The molecular weight excluding hydrogens is 706 g/mol. The van der Waals surface area contributed by atoms with Crippen molar-refractivity contribution in [2.24, 2.45) is 0 Å². The van der Waals surface area contributed by atoms with Crippen LogP contribution >= 0.6 is 0 Å². The van der Waals surface area contributed by atoms with Crippen LogP contribution in [-0.2, 0) is 0 Å². The number of fused-ring (bicyclic) bond motifs is 5. The Morgan fingerprint density at radius 3 is 2.39 bits per heavy atom. The highest BCUT2D eigenvalue weighted by atomic mass is 28.3. The number of anilines is 1. The molecule has 4 aliphatic rings. The highest BCUT2D eigenvalue weighted by Gasteiger charge is 2.49. The molecular formula is C42H51F3N6O2Si. The lowest BCUT2D eigenvalue weighted by Crippen LogP contribution is -2.51. The van der Waals surface area contributed by atoms with E-state index in [-0.39, 0.29) is 52.9 Å². The fourth-order valence-electron chi connectivity index (χ4n) is 10.4. The fourth-order valence-corrected chi connectivity index (χ4v) is 15.7. The minimum Gasteiger partial charge on any atom is -0.508 e. The molecule has 6 heterocycles. The van der Waals surface area contributed by atoms with Crippen LogP contribution in [0.4, 0.5) is 19.0 Å². The summed E-state index contributed by atoms with van der Waals surface area (Å²) >= 11 is 0. The predicted octanol–water partition coefficient (Wildman–Crippen LogP) is 8.29. The Morgan fingerprint density at radius 2 is 1.69 bits per heavy atom. The van der Waals surface area contributed by atoms with Crippen LogP contribution in [0, 0.1) is 23.1 Å². The van der Waals surface area contributed by atoms with Crippen molar-refractivity contribution in [1.29, 1.82) is 0 Å². The van der Waals surface area contributed by atoms with E-state index in [2.05, 4.69) is 68.1 Å². The quantitative estimate of drug-likeness (QED) is 0.137. The molecule has 286 valence electrons. The van der Waals surface area contributed by atoms with Gasteiger partial charge in [0.1, 0.15) is 49.7 Å². The summed E-state index contributed by atoms with van der Waals surface area (Å²) in [7, 11) is -2.27. The molecule has 4 saturated heterocycles. The first kappa shape index (κ1) is 37.0. The molecule has 4 fully saturated rings. The summed E-state index contributed by atoms with van der Waals surface area (Å²) in [6.45, 7) is 16.1. The van der Waals surface area contributed by atoms with Crippen molar-refractivity contribution in [2.75, 3.05) is 37.7 Å². The van der Waals surface area contributed by atoms with Crippen LogP contribution in [-0.4, -0.2) is 89.6 Å². The number of ether oxygens (including phenoxy) is 1. The number of hydrogen-bond acceptors (Lipinski definition) is 8. The van der Waals surface area contributed by atoms with Gasteiger partial charge in [0, 0.05) is 49.1 Å². The zero-order chi connectivity index (χ0) is 38.1. The lowest BCUT2D eigenvalue weighted by atomic mass is 9.95. The highest BCUT2D eigenvalue weighted by Crippen LogP contribution is 2.43. The van der Waals surface area contributed by atoms with Crippen molar-refractivity contribution in [2.45, 2.75) is 114 Å². The molecule has 2 aromatic heterocycles. The second-order valence-corrected chi connectivity index (χ2v) is 22.7. The summed E-state index contributed by atoms with van der Waals surface area (Å²) in [4.78, 5) is 18.8. The van der Waals surface area contributed by atoms with Gasteiger partial charge in [-0.05, 0) is 78.5 Å². The van der Waals surface area contributed by atoms with Crippen LogP contribution in [0.3, 0.4) is 0 Å². The van der Waals surface area contributed by atoms with Crippen LogP contribution in [0.5, 0.6) is 11.8 Å². The van der Waals surface area contributed by atoms with Crippen molar-refractivity contribution < 1.29 is 23.0 Å². The second-order valence-electron chi connectivity index (χ2n) is 17.1. The molecule has 0 aliphatic carbocycles. The van der Waals surface area contributed by atoms with Gasteiger partial charge in [-0.1, -0.05) is 53.5 Å². The monoisotopic (exact) mass is 756 g/mol. The van der Waals surface area contributed by atoms with E-state index >= 15 is 8.78 Å². The number of phenols is 1. The number of aromatic nitrogens is 3. The van der Waals surface area contributed by atoms with Gasteiger partial charge in [0.25, 0.3) is 0 Å². The smallest absolute Gasteiger partial charge is 0.320 e. The van der Waals surface area contributed by atoms with Gasteiger partial charge in [0.2, 0.25) is 0 Å². The molecule has 0 unspecified atom stereocenters. The summed E-state index contributed by atoms with van der Waals surface area (Å²) in [5, 5.41) is 15.9. The molecule has 0 radical (unpaired) electrons. The number of rotatable bonds is 8. The molecule has 2 aromatic carbocycles. The SMILES string of the molecule is CC(C)[Si](C#Cc1c(F)ccc2cc(O)cc(-c3nc4nc(OC[C@@]56CCCN5C[C@H](F)C6)nc(N5C[C@H]6CC[C@@H](C5)N6)c4cc3F)c12)(C(C)C)C(C)C. The maximum atomic E-state index is 16.7. The van der Waals surface area contributed by atoms with E-state index in [4.69, 9.17) is 19.7 Å². The molecule has 54 heavy (non-hydrogen) atoms. The summed E-state index contributed by atoms with van der Waals surface area (Å²) < 4.78 is 53.7. The van der Waals surface area contributed by atoms with E-state index in [1.807, 2.05) is 0 Å². The van der Waals surface area contributed by atoms with Crippen LogP contribution in [0.2, 0.25) is 16.6 Å². The van der Waals surface area contributed by atoms with Gasteiger partial charge < -0.3 is 20.1 Å². The van der Waals surface area contributed by atoms with Crippen molar-refractivity contribution in [3.63, 3.8) is 0 Å².